The molecule has 1 amide bonds. The zero-order chi connectivity index (χ0) is 10.1. The molecule has 0 spiro atoms. The summed E-state index contributed by atoms with van der Waals surface area (Å²) in [6.45, 7) is 1.96. The summed E-state index contributed by atoms with van der Waals surface area (Å²) in [5.41, 5.74) is 6.96. The summed E-state index contributed by atoms with van der Waals surface area (Å²) >= 11 is 0. The molecule has 2 aromatic rings. The minimum absolute atomic E-state index is 0.451. The Kier molecular flexibility index (Phi) is 1.96. The van der Waals surface area contributed by atoms with Crippen molar-refractivity contribution in [1.29, 1.82) is 0 Å². The van der Waals surface area contributed by atoms with Crippen molar-refractivity contribution >= 4 is 17.0 Å². The maximum Gasteiger partial charge on any atom is 0.248 e. The first-order valence-corrected chi connectivity index (χ1v) is 4.40. The standard InChI is InChI=1S/C10H10N2O2/c1-2-9-12-7-5-6(10(11)13)3-4-8(7)14-9/h3-5H,2H2,1H3,(H2,11,13). The zero-order valence-electron chi connectivity index (χ0n) is 7.78. The van der Waals surface area contributed by atoms with Crippen LogP contribution in [0.4, 0.5) is 0 Å². The number of amides is 1. The average Bonchev–Trinajstić information content (AvgIpc) is 2.58. The number of hydrogen-bond donors (Lipinski definition) is 1. The Bertz CT molecular complexity index is 488. The van der Waals surface area contributed by atoms with Crippen LogP contribution in [0.25, 0.3) is 11.1 Å². The molecule has 1 aromatic heterocycles. The average molecular weight is 190 g/mol. The summed E-state index contributed by atoms with van der Waals surface area (Å²) in [6, 6.07) is 4.98. The highest BCUT2D eigenvalue weighted by Gasteiger charge is 2.06. The van der Waals surface area contributed by atoms with Gasteiger partial charge >= 0.3 is 0 Å². The van der Waals surface area contributed by atoms with Gasteiger partial charge in [-0.3, -0.25) is 4.79 Å². The quantitative estimate of drug-likeness (QED) is 0.779. The minimum atomic E-state index is -0.451. The van der Waals surface area contributed by atoms with E-state index in [1.54, 1.807) is 18.2 Å². The Morgan fingerprint density at radius 1 is 1.57 bits per heavy atom. The van der Waals surface area contributed by atoms with Crippen molar-refractivity contribution in [3.05, 3.63) is 29.7 Å². The van der Waals surface area contributed by atoms with Gasteiger partial charge < -0.3 is 10.2 Å². The Hall–Kier alpha value is -1.84. The van der Waals surface area contributed by atoms with Crippen LogP contribution in [0.1, 0.15) is 23.2 Å². The normalized spacial score (nSPS) is 10.6. The van der Waals surface area contributed by atoms with E-state index >= 15 is 0 Å². The molecule has 0 fully saturated rings. The monoisotopic (exact) mass is 190 g/mol. The van der Waals surface area contributed by atoms with Gasteiger partial charge in [-0.25, -0.2) is 4.98 Å². The van der Waals surface area contributed by atoms with E-state index in [4.69, 9.17) is 10.2 Å². The number of aromatic nitrogens is 1. The van der Waals surface area contributed by atoms with Gasteiger partial charge in [0.2, 0.25) is 5.91 Å². The second kappa shape index (κ2) is 3.14. The Balaban J connectivity index is 2.59. The van der Waals surface area contributed by atoms with Gasteiger partial charge in [-0.15, -0.1) is 0 Å². The van der Waals surface area contributed by atoms with Crippen LogP contribution in [-0.4, -0.2) is 10.9 Å². The molecule has 0 saturated heterocycles. The molecule has 0 radical (unpaired) electrons. The third kappa shape index (κ3) is 1.35. The molecule has 0 unspecified atom stereocenters. The number of oxazole rings is 1. The summed E-state index contributed by atoms with van der Waals surface area (Å²) in [5.74, 6) is 0.217. The highest BCUT2D eigenvalue weighted by atomic mass is 16.3. The van der Waals surface area contributed by atoms with E-state index < -0.39 is 5.91 Å². The maximum absolute atomic E-state index is 10.9. The lowest BCUT2D eigenvalue weighted by molar-refractivity contribution is 0.100. The first-order valence-electron chi connectivity index (χ1n) is 4.40. The molecule has 1 heterocycles. The molecule has 2 N–H and O–H groups in total. The number of carbonyl (C=O) groups is 1. The number of hydrogen-bond acceptors (Lipinski definition) is 3. The van der Waals surface area contributed by atoms with Gasteiger partial charge in [0.25, 0.3) is 0 Å². The summed E-state index contributed by atoms with van der Waals surface area (Å²) in [5, 5.41) is 0. The first kappa shape index (κ1) is 8.74. The Labute approximate surface area is 80.7 Å². The van der Waals surface area contributed by atoms with Crippen molar-refractivity contribution in [2.24, 2.45) is 5.73 Å². The van der Waals surface area contributed by atoms with Crippen LogP contribution in [0.5, 0.6) is 0 Å². The molecule has 4 nitrogen and oxygen atoms in total. The van der Waals surface area contributed by atoms with E-state index in [1.165, 1.54) is 0 Å². The van der Waals surface area contributed by atoms with E-state index in [0.717, 1.165) is 6.42 Å². The minimum Gasteiger partial charge on any atom is -0.441 e. The summed E-state index contributed by atoms with van der Waals surface area (Å²) in [7, 11) is 0. The van der Waals surface area contributed by atoms with Crippen LogP contribution < -0.4 is 5.73 Å². The van der Waals surface area contributed by atoms with E-state index in [9.17, 15) is 4.79 Å². The van der Waals surface area contributed by atoms with Crippen LogP contribution in [0.3, 0.4) is 0 Å². The van der Waals surface area contributed by atoms with Gasteiger partial charge in [-0.05, 0) is 18.2 Å². The fraction of sp³-hybridized carbons (Fsp3) is 0.200. The number of aryl methyl sites for hydroxylation is 1. The highest BCUT2D eigenvalue weighted by Crippen LogP contribution is 2.17. The molecule has 2 rings (SSSR count). The predicted molar refractivity (Wildman–Crippen MR) is 51.9 cm³/mol. The lowest BCUT2D eigenvalue weighted by atomic mass is 10.2. The second-order valence-electron chi connectivity index (χ2n) is 3.01. The van der Waals surface area contributed by atoms with Gasteiger partial charge in [0.15, 0.2) is 11.5 Å². The third-order valence-electron chi connectivity index (χ3n) is 2.02. The van der Waals surface area contributed by atoms with Crippen LogP contribution in [0, 0.1) is 0 Å². The van der Waals surface area contributed by atoms with Crippen LogP contribution in [0.15, 0.2) is 22.6 Å². The highest BCUT2D eigenvalue weighted by molar-refractivity contribution is 5.95. The van der Waals surface area contributed by atoms with Crippen molar-refractivity contribution in [2.45, 2.75) is 13.3 Å². The maximum atomic E-state index is 10.9. The van der Waals surface area contributed by atoms with E-state index in [-0.39, 0.29) is 0 Å². The SMILES string of the molecule is CCc1nc2cc(C(N)=O)ccc2o1. The predicted octanol–water partition coefficient (Wildman–Crippen LogP) is 1.49. The van der Waals surface area contributed by atoms with Crippen LogP contribution in [-0.2, 0) is 6.42 Å². The molecule has 0 saturated carbocycles. The zero-order valence-corrected chi connectivity index (χ0v) is 7.78. The molecule has 0 aliphatic heterocycles. The van der Waals surface area contributed by atoms with E-state index in [2.05, 4.69) is 4.98 Å². The molecule has 4 heteroatoms. The number of nitrogens with zero attached hydrogens (tertiary/aromatic N) is 1. The van der Waals surface area contributed by atoms with Gasteiger partial charge in [-0.2, -0.15) is 0 Å². The second-order valence-corrected chi connectivity index (χ2v) is 3.01. The van der Waals surface area contributed by atoms with E-state index in [0.29, 0.717) is 22.6 Å². The molecule has 0 atom stereocenters. The number of primary amides is 1. The number of fused-ring (bicyclic) bond motifs is 1. The number of nitrogens with two attached hydrogens (primary N) is 1. The van der Waals surface area contributed by atoms with Crippen molar-refractivity contribution in [3.63, 3.8) is 0 Å². The third-order valence-corrected chi connectivity index (χ3v) is 2.02. The van der Waals surface area contributed by atoms with Crippen LogP contribution in [0.2, 0.25) is 0 Å². The molecule has 1 aromatic carbocycles. The smallest absolute Gasteiger partial charge is 0.248 e. The summed E-state index contributed by atoms with van der Waals surface area (Å²) in [4.78, 5) is 15.1. The molecule has 14 heavy (non-hydrogen) atoms. The Morgan fingerprint density at radius 2 is 2.36 bits per heavy atom. The fourth-order valence-electron chi connectivity index (χ4n) is 1.28. The van der Waals surface area contributed by atoms with Crippen LogP contribution >= 0.6 is 0 Å². The largest absolute Gasteiger partial charge is 0.441 e. The number of rotatable bonds is 2. The summed E-state index contributed by atoms with van der Waals surface area (Å²) in [6.07, 6.45) is 0.737. The lowest BCUT2D eigenvalue weighted by Gasteiger charge is -1.92. The number of carbonyl (C=O) groups excluding carboxylic acids is 1. The number of benzene rings is 1. The molecular weight excluding hydrogens is 180 g/mol. The fourth-order valence-corrected chi connectivity index (χ4v) is 1.28. The van der Waals surface area contributed by atoms with Gasteiger partial charge in [0.1, 0.15) is 5.52 Å². The van der Waals surface area contributed by atoms with Gasteiger partial charge in [0, 0.05) is 12.0 Å². The molecule has 0 bridgehead atoms. The summed E-state index contributed by atoms with van der Waals surface area (Å²) < 4.78 is 5.39. The van der Waals surface area contributed by atoms with Crippen molar-refractivity contribution in [3.8, 4) is 0 Å². The lowest BCUT2D eigenvalue weighted by Crippen LogP contribution is -2.10. The van der Waals surface area contributed by atoms with Gasteiger partial charge in [0.05, 0.1) is 0 Å². The topological polar surface area (TPSA) is 69.1 Å². The molecule has 0 aliphatic rings. The molecule has 72 valence electrons. The molecular formula is C10H10N2O2. The van der Waals surface area contributed by atoms with Crippen molar-refractivity contribution < 1.29 is 9.21 Å². The first-order chi connectivity index (χ1) is 6.70. The Morgan fingerprint density at radius 3 is 3.00 bits per heavy atom. The van der Waals surface area contributed by atoms with Crippen molar-refractivity contribution in [1.82, 2.24) is 4.98 Å². The van der Waals surface area contributed by atoms with E-state index in [1.807, 2.05) is 6.92 Å². The molecule has 0 aliphatic carbocycles. The van der Waals surface area contributed by atoms with Gasteiger partial charge in [-0.1, -0.05) is 6.92 Å². The van der Waals surface area contributed by atoms with Crippen molar-refractivity contribution in [2.75, 3.05) is 0 Å².